The van der Waals surface area contributed by atoms with E-state index in [1.807, 2.05) is 30.6 Å². The normalized spacial score (nSPS) is 43.0. The lowest BCUT2D eigenvalue weighted by Crippen LogP contribution is -2.71. The topological polar surface area (TPSA) is 274 Å². The van der Waals surface area contributed by atoms with E-state index < -0.39 is 75.3 Å². The molecule has 2 bridgehead atoms. The number of Topliss-reactive ketones (excluding diaryl/α,β-unsaturated/α-hetero) is 2. The molecule has 0 unspecified atom stereocenters. The van der Waals surface area contributed by atoms with Crippen LogP contribution in [0, 0.1) is 93.2 Å². The van der Waals surface area contributed by atoms with Crippen LogP contribution in [0.1, 0.15) is 167 Å². The molecule has 2 aromatic rings. The Bertz CT molecular complexity index is 2950. The van der Waals surface area contributed by atoms with Crippen molar-refractivity contribution < 1.29 is 49.8 Å². The number of unbranched alkanes of at least 4 members (excludes halogenated alkanes) is 2. The second kappa shape index (κ2) is 24.6. The van der Waals surface area contributed by atoms with Gasteiger partial charge in [0.15, 0.2) is 17.5 Å². The number of esters is 1. The molecule has 17 heteroatoms. The van der Waals surface area contributed by atoms with Gasteiger partial charge in [-0.15, -0.1) is 5.92 Å². The molecule has 85 heavy (non-hydrogen) atoms. The fourth-order valence-electron chi connectivity index (χ4n) is 20.0. The van der Waals surface area contributed by atoms with Gasteiger partial charge >= 0.3 is 5.97 Å². The van der Waals surface area contributed by atoms with Gasteiger partial charge in [-0.1, -0.05) is 98.2 Å². The number of carbonyl (C=O) groups excluding carboxylic acids is 3. The molecule has 2 aliphatic heterocycles. The van der Waals surface area contributed by atoms with Crippen LogP contribution < -0.4 is 16.8 Å². The molecule has 1 aromatic heterocycles. The zero-order valence-corrected chi connectivity index (χ0v) is 52.3. The quantitative estimate of drug-likeness (QED) is 0.0202. The number of allylic oxidation sites excluding steroid dienone is 3. The van der Waals surface area contributed by atoms with Crippen molar-refractivity contribution in [3.05, 3.63) is 76.8 Å². The van der Waals surface area contributed by atoms with Crippen LogP contribution in [-0.4, -0.2) is 120 Å². The van der Waals surface area contributed by atoms with Crippen LogP contribution >= 0.6 is 21.6 Å². The fraction of sp³-hybridized carbons (Fsp3) is 0.706. The molecule has 7 aliphatic carbocycles. The average Bonchev–Trinajstić information content (AvgIpc) is 1.67. The molecule has 4 saturated carbocycles. The summed E-state index contributed by atoms with van der Waals surface area (Å²) >= 11 is 0. The molecule has 0 radical (unpaired) electrons. The van der Waals surface area contributed by atoms with Gasteiger partial charge in [-0.2, -0.15) is 0 Å². The van der Waals surface area contributed by atoms with Crippen LogP contribution in [0.5, 0.6) is 5.75 Å². The van der Waals surface area contributed by atoms with E-state index in [1.54, 1.807) is 40.6 Å². The molecule has 15 nitrogen and oxygen atoms in total. The first-order chi connectivity index (χ1) is 40.6. The Hall–Kier alpha value is -4.28. The lowest BCUT2D eigenvalue weighted by molar-refractivity contribution is -0.213. The number of hydrogen-bond acceptors (Lipinski definition) is 14. The summed E-state index contributed by atoms with van der Waals surface area (Å²) in [4.78, 5) is 53.3. The maximum Gasteiger partial charge on any atom is 0.313 e. The summed E-state index contributed by atoms with van der Waals surface area (Å²) in [5.74, 6) is 5.07. The number of aromatic amines is 1. The number of aromatic nitrogens is 1. The van der Waals surface area contributed by atoms with E-state index in [1.165, 1.54) is 5.57 Å². The predicted octanol–water partition coefficient (Wildman–Crippen LogP) is 8.83. The third-order valence-corrected chi connectivity index (χ3v) is 26.5. The SMILES string of the molecule is CCCCC[C@]12C(=O)C3=C4[C@H](CC[C@]5(CCN=C(N)N)[C@@H]6[C@@H](CC#C[C@@H]([C@@H]7COC(=O)[C@H]7c7cc[nH]c7)C[C@H]7[C@@H](CC=C8CC[C@@H](C)C[C@H]87)[C@H](C)C[C@@H](O)[C@]6(C)O)C[C@@]45O)[C@@]1(C)C[C@H](O)[C@H](O)[C@H]2CSSC[C@@H](c1ccc(O)cc1)CC(=O)CN3. The molecule has 0 amide bonds. The first kappa shape index (κ1) is 62.3. The number of ether oxygens (including phenoxy) is 1. The van der Waals surface area contributed by atoms with E-state index in [2.05, 4.69) is 60.9 Å². The number of nitrogens with two attached hydrogens (primary N) is 2. The summed E-state index contributed by atoms with van der Waals surface area (Å²) in [5.41, 5.74) is 8.93. The zero-order valence-electron chi connectivity index (χ0n) is 50.6. The minimum atomic E-state index is -1.89. The van der Waals surface area contributed by atoms with Crippen molar-refractivity contribution in [3.8, 4) is 17.6 Å². The molecule has 6 fully saturated rings. The Labute approximate surface area is 511 Å². The number of nitrogens with one attached hydrogen (secondary N) is 2. The summed E-state index contributed by atoms with van der Waals surface area (Å²) in [6, 6.07) is 8.86. The molecule has 21 atom stereocenters. The summed E-state index contributed by atoms with van der Waals surface area (Å²) < 4.78 is 5.99. The predicted molar refractivity (Wildman–Crippen MR) is 332 cm³/mol. The smallest absolute Gasteiger partial charge is 0.313 e. The molecule has 12 N–H and O–H groups in total. The van der Waals surface area contributed by atoms with Gasteiger partial charge < -0.3 is 57.1 Å². The number of fused-ring (bicyclic) bond motifs is 10. The average molecular weight is 1210 g/mol. The molecule has 9 aliphatic rings. The zero-order chi connectivity index (χ0) is 60.4. The van der Waals surface area contributed by atoms with Gasteiger partial charge in [-0.05, 0) is 166 Å². The first-order valence-corrected chi connectivity index (χ1v) is 34.7. The van der Waals surface area contributed by atoms with Gasteiger partial charge in [0, 0.05) is 83.7 Å². The number of carbonyl (C=O) groups is 3. The van der Waals surface area contributed by atoms with Gasteiger partial charge in [0.05, 0.1) is 54.3 Å². The molecule has 0 spiro atoms. The number of ketones is 2. The Morgan fingerprint density at radius 1 is 0.918 bits per heavy atom. The fourth-order valence-corrected chi connectivity index (χ4v) is 22.8. The van der Waals surface area contributed by atoms with Crippen LogP contribution in [0.3, 0.4) is 0 Å². The standard InChI is InChI=1S/C68H95N5O10S2/c1-6-7-8-22-67-53-37-85-84-36-45(40-14-17-46(74)18-15-40)29-47(75)34-73-58(61(67)79)57-52(64(67,4)32-54(76)59(53)78)20-23-66(24-26-72-63(69)70)60-43(31-68(57,66)82)11-9-10-42(51-35-83-62(80)56(51)44-21-25-71-33-44)30-50-48(39(3)28-55(77)65(60,5)81)19-16-41-13-12-38(2)27-49(41)50/h14-18,21,25,33,38-39,42-43,45,48-56,59-60,71,73-74,76-78,81-82H,6-8,11-13,19-20,22-24,26-32,34-37H2,1-5H3,(H4,69,70,72)/t38-,39-,42-,43+,45+,48+,49-,50+,51+,52+,53-,54+,55-,56+,59-,60-,64-,65+,66+,67+,68-/m1/s1. The highest BCUT2D eigenvalue weighted by molar-refractivity contribution is 8.76. The molecular formula is C68H95N5O10S2. The molecule has 464 valence electrons. The van der Waals surface area contributed by atoms with E-state index >= 15 is 4.79 Å². The highest BCUT2D eigenvalue weighted by Crippen LogP contribution is 2.75. The largest absolute Gasteiger partial charge is 0.508 e. The number of phenols is 1. The number of cyclic esters (lactones) is 1. The Morgan fingerprint density at radius 3 is 2.44 bits per heavy atom. The number of benzene rings is 1. The van der Waals surface area contributed by atoms with Gasteiger partial charge in [0.1, 0.15) is 5.75 Å². The van der Waals surface area contributed by atoms with Gasteiger partial charge in [-0.25, -0.2) is 0 Å². The number of aliphatic hydroxyl groups excluding tert-OH is 3. The minimum Gasteiger partial charge on any atom is -0.508 e. The third-order valence-electron chi connectivity index (χ3n) is 24.0. The van der Waals surface area contributed by atoms with Crippen LogP contribution in [0.15, 0.2) is 70.6 Å². The van der Waals surface area contributed by atoms with Crippen LogP contribution in [0.2, 0.25) is 0 Å². The first-order valence-electron chi connectivity index (χ1n) is 32.2. The van der Waals surface area contributed by atoms with Crippen molar-refractivity contribution in [2.24, 2.45) is 97.8 Å². The molecular weight excluding hydrogens is 1110 g/mol. The number of aromatic hydroxyl groups is 1. The van der Waals surface area contributed by atoms with E-state index in [0.717, 1.165) is 56.1 Å². The van der Waals surface area contributed by atoms with Crippen molar-refractivity contribution in [1.82, 2.24) is 10.3 Å². The second-order valence-corrected chi connectivity index (χ2v) is 31.0. The number of hydrogen-bond donors (Lipinski definition) is 10. The van der Waals surface area contributed by atoms with Crippen LogP contribution in [0.4, 0.5) is 0 Å². The van der Waals surface area contributed by atoms with E-state index in [-0.39, 0.29) is 129 Å². The monoisotopic (exact) mass is 1210 g/mol. The third kappa shape index (κ3) is 10.8. The van der Waals surface area contributed by atoms with Crippen molar-refractivity contribution in [1.29, 1.82) is 0 Å². The molecule has 1 aromatic carbocycles. The lowest BCUT2D eigenvalue weighted by atomic mass is 9.37. The number of guanidine groups is 1. The van der Waals surface area contributed by atoms with E-state index in [0.29, 0.717) is 54.6 Å². The minimum absolute atomic E-state index is 0.0495. The Morgan fingerprint density at radius 2 is 1.69 bits per heavy atom. The Kier molecular flexibility index (Phi) is 18.0. The number of aliphatic imine (C=N–C) groups is 1. The van der Waals surface area contributed by atoms with Crippen molar-refractivity contribution in [3.63, 3.8) is 0 Å². The van der Waals surface area contributed by atoms with Gasteiger partial charge in [0.2, 0.25) is 0 Å². The van der Waals surface area contributed by atoms with Gasteiger partial charge in [-0.3, -0.25) is 19.4 Å². The second-order valence-electron chi connectivity index (χ2n) is 28.5. The maximum atomic E-state index is 16.9. The summed E-state index contributed by atoms with van der Waals surface area (Å²) in [5, 5.41) is 80.6. The molecule has 11 rings (SSSR count). The van der Waals surface area contributed by atoms with E-state index in [9.17, 15) is 40.2 Å². The molecule has 3 heterocycles. The number of aliphatic hydroxyl groups is 5. The number of rotatable bonds is 10. The highest BCUT2D eigenvalue weighted by atomic mass is 33.1. The maximum absolute atomic E-state index is 16.9. The summed E-state index contributed by atoms with van der Waals surface area (Å²) in [6.07, 6.45) is 11.9. The highest BCUT2D eigenvalue weighted by Gasteiger charge is 2.77. The Balaban J connectivity index is 1.09. The summed E-state index contributed by atoms with van der Waals surface area (Å²) in [6.45, 7) is 10.6. The lowest BCUT2D eigenvalue weighted by Gasteiger charge is -2.67. The van der Waals surface area contributed by atoms with E-state index in [4.69, 9.17) is 16.2 Å². The summed E-state index contributed by atoms with van der Waals surface area (Å²) in [7, 11) is 3.14. The van der Waals surface area contributed by atoms with Crippen LogP contribution in [0.25, 0.3) is 0 Å². The van der Waals surface area contributed by atoms with Crippen LogP contribution in [-0.2, 0) is 19.1 Å². The number of phenolic OH excluding ortho intramolecular Hbond substituents is 1. The van der Waals surface area contributed by atoms with Gasteiger partial charge in [0.25, 0.3) is 0 Å². The van der Waals surface area contributed by atoms with Crippen molar-refractivity contribution >= 4 is 45.1 Å². The number of H-pyrrole nitrogens is 1. The molecule has 2 saturated heterocycles. The van der Waals surface area contributed by atoms with Crippen molar-refractivity contribution in [2.75, 3.05) is 31.2 Å². The van der Waals surface area contributed by atoms with Crippen molar-refractivity contribution in [2.45, 2.75) is 185 Å². The number of nitrogens with zero attached hydrogens (tertiary/aromatic N) is 1.